The van der Waals surface area contributed by atoms with Crippen molar-refractivity contribution >= 4 is 18.3 Å². The number of carbonyl (C=O) groups excluding carboxylic acids is 1. The molecule has 1 aromatic rings. The van der Waals surface area contributed by atoms with Gasteiger partial charge in [0.05, 0.1) is 5.54 Å². The number of carbonyl (C=O) groups is 1. The van der Waals surface area contributed by atoms with E-state index in [1.54, 1.807) is 0 Å². The first-order valence-corrected chi connectivity index (χ1v) is 7.38. The summed E-state index contributed by atoms with van der Waals surface area (Å²) in [6, 6.07) is 0. The van der Waals surface area contributed by atoms with Gasteiger partial charge in [0.25, 0.3) is 0 Å². The number of hydrogen-bond donors (Lipinski definition) is 2. The minimum Gasteiger partial charge on any atom is -0.356 e. The summed E-state index contributed by atoms with van der Waals surface area (Å²) in [6.45, 7) is 4.56. The molecule has 120 valence electrons. The third-order valence-electron chi connectivity index (χ3n) is 3.66. The summed E-state index contributed by atoms with van der Waals surface area (Å²) in [5, 5.41) is 6.85. The van der Waals surface area contributed by atoms with Crippen LogP contribution in [0.15, 0.2) is 4.52 Å². The molecular formula is C14H25ClN4O2. The Labute approximate surface area is 131 Å². The third kappa shape index (κ3) is 4.97. The van der Waals surface area contributed by atoms with Crippen LogP contribution in [0.25, 0.3) is 0 Å². The normalized spacial score (nSPS) is 16.8. The summed E-state index contributed by atoms with van der Waals surface area (Å²) in [4.78, 5) is 15.9. The largest absolute Gasteiger partial charge is 0.356 e. The molecule has 1 aliphatic carbocycles. The van der Waals surface area contributed by atoms with Crippen molar-refractivity contribution in [2.75, 3.05) is 6.54 Å². The van der Waals surface area contributed by atoms with Gasteiger partial charge in [-0.3, -0.25) is 4.79 Å². The predicted octanol–water partition coefficient (Wildman–Crippen LogP) is 1.92. The molecule has 1 heterocycles. The number of nitrogens with two attached hydrogens (primary N) is 1. The van der Waals surface area contributed by atoms with Crippen LogP contribution in [0.2, 0.25) is 0 Å². The lowest BCUT2D eigenvalue weighted by molar-refractivity contribution is -0.121. The lowest BCUT2D eigenvalue weighted by Crippen LogP contribution is -2.34. The molecule has 0 aromatic carbocycles. The number of halogens is 1. The zero-order chi connectivity index (χ0) is 14.6. The first kappa shape index (κ1) is 17.9. The van der Waals surface area contributed by atoms with Gasteiger partial charge in [-0.05, 0) is 18.8 Å². The molecule has 3 N–H and O–H groups in total. The van der Waals surface area contributed by atoms with Crippen molar-refractivity contribution in [3.8, 4) is 0 Å². The minimum absolute atomic E-state index is 0. The van der Waals surface area contributed by atoms with Crippen molar-refractivity contribution < 1.29 is 9.32 Å². The Bertz CT molecular complexity index is 456. The predicted molar refractivity (Wildman–Crippen MR) is 82.0 cm³/mol. The van der Waals surface area contributed by atoms with Crippen LogP contribution in [0.4, 0.5) is 0 Å². The van der Waals surface area contributed by atoms with Crippen molar-refractivity contribution in [1.29, 1.82) is 0 Å². The first-order valence-electron chi connectivity index (χ1n) is 7.38. The molecule has 0 bridgehead atoms. The number of hydrogen-bond acceptors (Lipinski definition) is 5. The van der Waals surface area contributed by atoms with Crippen molar-refractivity contribution in [3.63, 3.8) is 0 Å². The van der Waals surface area contributed by atoms with Gasteiger partial charge in [0.15, 0.2) is 5.82 Å². The van der Waals surface area contributed by atoms with Crippen LogP contribution in [0.5, 0.6) is 0 Å². The molecule has 1 saturated carbocycles. The second kappa shape index (κ2) is 7.75. The van der Waals surface area contributed by atoms with Crippen LogP contribution >= 0.6 is 12.4 Å². The van der Waals surface area contributed by atoms with E-state index in [0.717, 1.165) is 25.7 Å². The smallest absolute Gasteiger partial charge is 0.228 e. The molecule has 0 unspecified atom stereocenters. The highest BCUT2D eigenvalue weighted by atomic mass is 35.5. The average Bonchev–Trinajstić information content (AvgIpc) is 2.98. The lowest BCUT2D eigenvalue weighted by Gasteiger charge is -2.17. The van der Waals surface area contributed by atoms with E-state index in [2.05, 4.69) is 15.5 Å². The molecule has 0 radical (unpaired) electrons. The third-order valence-corrected chi connectivity index (χ3v) is 3.66. The standard InChI is InChI=1S/C14H24N4O2.ClH/c1-10(2)9-11(19)16-8-5-12-17-13(18-20-12)14(15)6-3-4-7-14;/h10H,3-9,15H2,1-2H3,(H,16,19);1H. The maximum atomic E-state index is 11.5. The molecule has 1 aliphatic rings. The van der Waals surface area contributed by atoms with Gasteiger partial charge >= 0.3 is 0 Å². The van der Waals surface area contributed by atoms with Crippen LogP contribution in [0.1, 0.15) is 57.7 Å². The van der Waals surface area contributed by atoms with E-state index < -0.39 is 5.54 Å². The highest BCUT2D eigenvalue weighted by Crippen LogP contribution is 2.34. The summed E-state index contributed by atoms with van der Waals surface area (Å²) >= 11 is 0. The minimum atomic E-state index is -0.414. The van der Waals surface area contributed by atoms with Crippen molar-refractivity contribution in [1.82, 2.24) is 15.5 Å². The number of nitrogens with one attached hydrogen (secondary N) is 1. The summed E-state index contributed by atoms with van der Waals surface area (Å²) in [7, 11) is 0. The van der Waals surface area contributed by atoms with E-state index in [4.69, 9.17) is 10.3 Å². The van der Waals surface area contributed by atoms with E-state index in [9.17, 15) is 4.79 Å². The van der Waals surface area contributed by atoms with Crippen LogP contribution in [-0.4, -0.2) is 22.6 Å². The monoisotopic (exact) mass is 316 g/mol. The molecule has 1 fully saturated rings. The van der Waals surface area contributed by atoms with Gasteiger partial charge in [0.2, 0.25) is 11.8 Å². The summed E-state index contributed by atoms with van der Waals surface area (Å²) < 4.78 is 5.21. The summed E-state index contributed by atoms with van der Waals surface area (Å²) in [5.74, 6) is 1.58. The van der Waals surface area contributed by atoms with Gasteiger partial charge in [0.1, 0.15) is 0 Å². The second-order valence-electron chi connectivity index (χ2n) is 6.07. The molecule has 0 atom stereocenters. The van der Waals surface area contributed by atoms with Gasteiger partial charge in [-0.25, -0.2) is 0 Å². The van der Waals surface area contributed by atoms with Gasteiger partial charge < -0.3 is 15.6 Å². The Morgan fingerprint density at radius 3 is 2.71 bits per heavy atom. The Morgan fingerprint density at radius 2 is 2.10 bits per heavy atom. The zero-order valence-electron chi connectivity index (χ0n) is 12.7. The molecule has 0 aliphatic heterocycles. The Kier molecular flexibility index (Phi) is 6.61. The second-order valence-corrected chi connectivity index (χ2v) is 6.07. The Morgan fingerprint density at radius 1 is 1.43 bits per heavy atom. The number of rotatable bonds is 6. The fraction of sp³-hybridized carbons (Fsp3) is 0.786. The Hall–Kier alpha value is -1.14. The van der Waals surface area contributed by atoms with Crippen LogP contribution in [0.3, 0.4) is 0 Å². The van der Waals surface area contributed by atoms with E-state index in [1.165, 1.54) is 0 Å². The van der Waals surface area contributed by atoms with Crippen LogP contribution < -0.4 is 11.1 Å². The molecule has 0 spiro atoms. The van der Waals surface area contributed by atoms with E-state index >= 15 is 0 Å². The molecule has 21 heavy (non-hydrogen) atoms. The molecular weight excluding hydrogens is 292 g/mol. The Balaban J connectivity index is 0.00000220. The van der Waals surface area contributed by atoms with Crippen LogP contribution in [0, 0.1) is 5.92 Å². The van der Waals surface area contributed by atoms with Gasteiger partial charge in [-0.1, -0.05) is 31.8 Å². The molecule has 1 aromatic heterocycles. The quantitative estimate of drug-likeness (QED) is 0.836. The van der Waals surface area contributed by atoms with Gasteiger partial charge in [-0.2, -0.15) is 4.98 Å². The molecule has 6 nitrogen and oxygen atoms in total. The molecule has 1 amide bonds. The maximum Gasteiger partial charge on any atom is 0.228 e. The van der Waals surface area contributed by atoms with Crippen molar-refractivity contribution in [2.45, 2.75) is 57.9 Å². The van der Waals surface area contributed by atoms with Crippen molar-refractivity contribution in [3.05, 3.63) is 11.7 Å². The van der Waals surface area contributed by atoms with E-state index in [-0.39, 0.29) is 18.3 Å². The van der Waals surface area contributed by atoms with E-state index in [1.807, 2.05) is 13.8 Å². The SMILES string of the molecule is CC(C)CC(=O)NCCc1nc(C2(N)CCCC2)no1.Cl. The number of amides is 1. The lowest BCUT2D eigenvalue weighted by atomic mass is 9.99. The fourth-order valence-corrected chi connectivity index (χ4v) is 2.54. The summed E-state index contributed by atoms with van der Waals surface area (Å²) in [5.41, 5.74) is 5.86. The molecule has 2 rings (SSSR count). The topological polar surface area (TPSA) is 94.0 Å². The maximum absolute atomic E-state index is 11.5. The highest BCUT2D eigenvalue weighted by molar-refractivity contribution is 5.85. The average molecular weight is 317 g/mol. The van der Waals surface area contributed by atoms with Gasteiger partial charge in [0, 0.05) is 19.4 Å². The zero-order valence-corrected chi connectivity index (χ0v) is 13.5. The fourth-order valence-electron chi connectivity index (χ4n) is 2.54. The van der Waals surface area contributed by atoms with Gasteiger partial charge in [-0.15, -0.1) is 12.4 Å². The van der Waals surface area contributed by atoms with E-state index in [0.29, 0.717) is 37.0 Å². The number of aromatic nitrogens is 2. The summed E-state index contributed by atoms with van der Waals surface area (Å²) in [6.07, 6.45) is 5.15. The molecule has 0 saturated heterocycles. The van der Waals surface area contributed by atoms with Crippen LogP contribution in [-0.2, 0) is 16.8 Å². The molecule has 7 heteroatoms. The first-order chi connectivity index (χ1) is 9.49. The highest BCUT2D eigenvalue weighted by Gasteiger charge is 2.35. The van der Waals surface area contributed by atoms with Crippen molar-refractivity contribution in [2.24, 2.45) is 11.7 Å². The number of nitrogens with zero attached hydrogens (tertiary/aromatic N) is 2.